The fourth-order valence-electron chi connectivity index (χ4n) is 9.20. The van der Waals surface area contributed by atoms with E-state index in [0.717, 1.165) is 63.9 Å². The SMILES string of the molecule is CCN(CC)c1ccc(C=C2CCC(C=NNC(=O)C(NC(=O)C34CC5CC(CC(C5)C3)C4)C(C)C)=C2N2CCOCC2)cc1. The van der Waals surface area contributed by atoms with E-state index >= 15 is 0 Å². The Bertz CT molecular complexity index is 1280. The van der Waals surface area contributed by atoms with Crippen molar-refractivity contribution in [3.8, 4) is 0 Å². The summed E-state index contributed by atoms with van der Waals surface area (Å²) in [5.41, 5.74) is 8.59. The topological polar surface area (TPSA) is 86.3 Å². The van der Waals surface area contributed by atoms with E-state index in [2.05, 4.69) is 69.8 Å². The molecule has 2 amide bonds. The Morgan fingerprint density at radius 3 is 2.20 bits per heavy atom. The maximum Gasteiger partial charge on any atom is 0.262 e. The van der Waals surface area contributed by atoms with Crippen LogP contribution < -0.4 is 15.6 Å². The predicted octanol–water partition coefficient (Wildman–Crippen LogP) is 5.76. The van der Waals surface area contributed by atoms with E-state index in [1.807, 2.05) is 20.1 Å². The molecule has 0 aromatic heterocycles. The molecule has 45 heavy (non-hydrogen) atoms. The molecule has 1 heterocycles. The van der Waals surface area contributed by atoms with Gasteiger partial charge in [-0.05, 0) is 124 Å². The largest absolute Gasteiger partial charge is 0.378 e. The Morgan fingerprint density at radius 1 is 1.00 bits per heavy atom. The number of nitrogens with one attached hydrogen (secondary N) is 2. The Hall–Kier alpha value is -3.13. The van der Waals surface area contributed by atoms with Gasteiger partial charge in [0.15, 0.2) is 0 Å². The fraction of sp³-hybridized carbons (Fsp3) is 0.649. The lowest BCUT2D eigenvalue weighted by molar-refractivity contribution is -0.149. The lowest BCUT2D eigenvalue weighted by atomic mass is 9.49. The third kappa shape index (κ3) is 6.86. The Morgan fingerprint density at radius 2 is 1.62 bits per heavy atom. The van der Waals surface area contributed by atoms with Gasteiger partial charge in [0.1, 0.15) is 6.04 Å². The number of rotatable bonds is 11. The first-order valence-corrected chi connectivity index (χ1v) is 17.5. The highest BCUT2D eigenvalue weighted by Crippen LogP contribution is 2.60. The first kappa shape index (κ1) is 31.8. The van der Waals surface area contributed by atoms with Gasteiger partial charge in [-0.25, -0.2) is 5.43 Å². The molecule has 5 aliphatic carbocycles. The van der Waals surface area contributed by atoms with Crippen molar-refractivity contribution in [3.05, 3.63) is 46.7 Å². The van der Waals surface area contributed by atoms with Crippen LogP contribution in [0.3, 0.4) is 0 Å². The van der Waals surface area contributed by atoms with Crippen LogP contribution in [0, 0.1) is 29.1 Å². The van der Waals surface area contributed by atoms with E-state index < -0.39 is 6.04 Å². The molecule has 8 nitrogen and oxygen atoms in total. The Balaban J connectivity index is 1.15. The van der Waals surface area contributed by atoms with Crippen LogP contribution in [0.4, 0.5) is 5.69 Å². The zero-order valence-corrected chi connectivity index (χ0v) is 27.8. The molecular weight excluding hydrogens is 562 g/mol. The number of allylic oxidation sites excluding steroid dienone is 2. The van der Waals surface area contributed by atoms with Crippen LogP contribution in [0.25, 0.3) is 6.08 Å². The van der Waals surface area contributed by atoms with Crippen molar-refractivity contribution in [2.24, 2.45) is 34.2 Å². The molecule has 4 saturated carbocycles. The van der Waals surface area contributed by atoms with Crippen molar-refractivity contribution in [2.45, 2.75) is 85.1 Å². The molecule has 1 unspecified atom stereocenters. The number of carbonyl (C=O) groups is 2. The van der Waals surface area contributed by atoms with Crippen LogP contribution in [-0.4, -0.2) is 68.4 Å². The average molecular weight is 616 g/mol. The molecule has 0 radical (unpaired) electrons. The van der Waals surface area contributed by atoms with Gasteiger partial charge in [-0.3, -0.25) is 9.59 Å². The number of nitrogens with zero attached hydrogens (tertiary/aromatic N) is 3. The van der Waals surface area contributed by atoms with Crippen molar-refractivity contribution < 1.29 is 14.3 Å². The molecule has 1 aromatic carbocycles. The average Bonchev–Trinajstić information content (AvgIpc) is 3.42. The number of morpholine rings is 1. The number of hydrogen-bond donors (Lipinski definition) is 2. The Kier molecular flexibility index (Phi) is 9.69. The first-order chi connectivity index (χ1) is 21.8. The van der Waals surface area contributed by atoms with Crippen LogP contribution in [0.15, 0.2) is 46.2 Å². The van der Waals surface area contributed by atoms with Crippen molar-refractivity contribution in [3.63, 3.8) is 0 Å². The van der Waals surface area contributed by atoms with Gasteiger partial charge in [0.25, 0.3) is 5.91 Å². The van der Waals surface area contributed by atoms with Gasteiger partial charge in [0.05, 0.1) is 19.4 Å². The van der Waals surface area contributed by atoms with Crippen molar-refractivity contribution in [2.75, 3.05) is 44.3 Å². The summed E-state index contributed by atoms with van der Waals surface area (Å²) in [5.74, 6) is 1.87. The lowest BCUT2D eigenvalue weighted by Crippen LogP contribution is -2.58. The molecule has 4 bridgehead atoms. The summed E-state index contributed by atoms with van der Waals surface area (Å²) in [7, 11) is 0. The summed E-state index contributed by atoms with van der Waals surface area (Å²) in [5, 5.41) is 7.66. The molecule has 5 fully saturated rings. The summed E-state index contributed by atoms with van der Waals surface area (Å²) < 4.78 is 5.66. The highest BCUT2D eigenvalue weighted by Gasteiger charge is 2.55. The monoisotopic (exact) mass is 615 g/mol. The van der Waals surface area contributed by atoms with Crippen molar-refractivity contribution in [1.82, 2.24) is 15.6 Å². The van der Waals surface area contributed by atoms with E-state index in [-0.39, 0.29) is 23.1 Å². The first-order valence-electron chi connectivity index (χ1n) is 17.5. The predicted molar refractivity (Wildman–Crippen MR) is 181 cm³/mol. The molecule has 2 N–H and O–H groups in total. The van der Waals surface area contributed by atoms with E-state index in [9.17, 15) is 9.59 Å². The second-order valence-corrected chi connectivity index (χ2v) is 14.5. The van der Waals surface area contributed by atoms with Crippen molar-refractivity contribution >= 4 is 29.8 Å². The second-order valence-electron chi connectivity index (χ2n) is 14.5. The molecule has 1 atom stereocenters. The normalized spacial score (nSPS) is 29.2. The minimum atomic E-state index is -0.603. The van der Waals surface area contributed by atoms with E-state index in [1.54, 1.807) is 0 Å². The van der Waals surface area contributed by atoms with Crippen molar-refractivity contribution in [1.29, 1.82) is 0 Å². The summed E-state index contributed by atoms with van der Waals surface area (Å²) in [6.45, 7) is 13.4. The van der Waals surface area contributed by atoms with Crippen LogP contribution in [0.1, 0.15) is 84.6 Å². The van der Waals surface area contributed by atoms with Gasteiger partial charge in [0, 0.05) is 43.0 Å². The number of ether oxygens (including phenoxy) is 1. The minimum Gasteiger partial charge on any atom is -0.378 e. The number of carbonyl (C=O) groups excluding carboxylic acids is 2. The van der Waals surface area contributed by atoms with Crippen LogP contribution in [0.2, 0.25) is 0 Å². The quantitative estimate of drug-likeness (QED) is 0.244. The molecule has 8 heteroatoms. The fourth-order valence-corrected chi connectivity index (χ4v) is 9.20. The van der Waals surface area contributed by atoms with Gasteiger partial charge in [-0.2, -0.15) is 5.10 Å². The van der Waals surface area contributed by atoms with Crippen LogP contribution in [0.5, 0.6) is 0 Å². The molecule has 244 valence electrons. The summed E-state index contributed by atoms with van der Waals surface area (Å²) in [6.07, 6.45) is 12.8. The zero-order valence-electron chi connectivity index (χ0n) is 27.8. The third-order valence-electron chi connectivity index (χ3n) is 11.1. The van der Waals surface area contributed by atoms with E-state index in [0.29, 0.717) is 31.0 Å². The maximum absolute atomic E-state index is 13.7. The highest BCUT2D eigenvalue weighted by atomic mass is 16.5. The van der Waals surface area contributed by atoms with Crippen LogP contribution >= 0.6 is 0 Å². The van der Waals surface area contributed by atoms with Gasteiger partial charge in [-0.15, -0.1) is 0 Å². The molecule has 1 aliphatic heterocycles. The molecule has 0 spiro atoms. The van der Waals surface area contributed by atoms with E-state index in [1.165, 1.54) is 41.8 Å². The molecule has 7 rings (SSSR count). The summed E-state index contributed by atoms with van der Waals surface area (Å²) in [6, 6.07) is 8.21. The molecular formula is C37H53N5O3. The number of amides is 2. The van der Waals surface area contributed by atoms with Gasteiger partial charge >= 0.3 is 0 Å². The second kappa shape index (κ2) is 13.7. The standard InChI is InChI=1S/C37H53N5O3/c1-5-41(6-2)32-11-7-26(8-12-32)20-30-9-10-31(34(30)42-13-15-45-16-14-42)24-38-40-35(43)33(25(3)4)39-36(44)37-21-27-17-28(22-37)19-29(18-27)23-37/h7-8,11-12,20,24-25,27-29,33H,5-6,9-10,13-19,21-23H2,1-4H3,(H,39,44)(H,40,43). The molecule has 6 aliphatic rings. The maximum atomic E-state index is 13.7. The third-order valence-corrected chi connectivity index (χ3v) is 11.1. The summed E-state index contributed by atoms with van der Waals surface area (Å²) in [4.78, 5) is 31.9. The highest BCUT2D eigenvalue weighted by molar-refractivity contribution is 5.91. The minimum absolute atomic E-state index is 0.0321. The van der Waals surface area contributed by atoms with Gasteiger partial charge < -0.3 is 19.9 Å². The smallest absolute Gasteiger partial charge is 0.262 e. The van der Waals surface area contributed by atoms with Gasteiger partial charge in [-0.1, -0.05) is 26.0 Å². The number of anilines is 1. The molecule has 1 aromatic rings. The lowest BCUT2D eigenvalue weighted by Gasteiger charge is -2.55. The number of hydrazone groups is 1. The van der Waals surface area contributed by atoms with E-state index in [4.69, 9.17) is 4.74 Å². The van der Waals surface area contributed by atoms with Gasteiger partial charge in [0.2, 0.25) is 5.91 Å². The Labute approximate surface area is 269 Å². The zero-order chi connectivity index (χ0) is 31.6. The summed E-state index contributed by atoms with van der Waals surface area (Å²) >= 11 is 0. The number of hydrogen-bond acceptors (Lipinski definition) is 6. The number of benzene rings is 1. The molecule has 1 saturated heterocycles. The van der Waals surface area contributed by atoms with Crippen LogP contribution in [-0.2, 0) is 14.3 Å².